The van der Waals surface area contributed by atoms with Gasteiger partial charge < -0.3 is 5.73 Å². The molecule has 0 atom stereocenters. The summed E-state index contributed by atoms with van der Waals surface area (Å²) in [5, 5.41) is 9.23. The van der Waals surface area contributed by atoms with Gasteiger partial charge >= 0.3 is 0 Å². The van der Waals surface area contributed by atoms with Crippen LogP contribution in [0.15, 0.2) is 11.6 Å². The van der Waals surface area contributed by atoms with Crippen LogP contribution in [-0.4, -0.2) is 9.97 Å². The van der Waals surface area contributed by atoms with E-state index in [0.717, 1.165) is 21.8 Å². The number of nitrogen functional groups attached to an aromatic ring is 1. The number of anilines is 1. The molecule has 18 heavy (non-hydrogen) atoms. The summed E-state index contributed by atoms with van der Waals surface area (Å²) in [6.45, 7) is 6.03. The van der Waals surface area contributed by atoms with Crippen molar-refractivity contribution >= 4 is 17.2 Å². The number of hydrogen-bond donors (Lipinski definition) is 1. The predicted octanol–water partition coefficient (Wildman–Crippen LogP) is 3.09. The molecule has 0 spiro atoms. The van der Waals surface area contributed by atoms with Crippen molar-refractivity contribution in [2.75, 3.05) is 5.73 Å². The molecule has 0 fully saturated rings. The van der Waals surface area contributed by atoms with E-state index in [0.29, 0.717) is 11.4 Å². The summed E-state index contributed by atoms with van der Waals surface area (Å²) in [6.07, 6.45) is 0. The van der Waals surface area contributed by atoms with E-state index in [1.807, 2.05) is 13.0 Å². The van der Waals surface area contributed by atoms with Gasteiger partial charge in [-0.3, -0.25) is 0 Å². The number of hydrogen-bond acceptors (Lipinski definition) is 5. The summed E-state index contributed by atoms with van der Waals surface area (Å²) in [4.78, 5) is 9.49. The summed E-state index contributed by atoms with van der Waals surface area (Å²) in [5.74, 6) is 0.568. The minimum absolute atomic E-state index is 0.270. The average Bonchev–Trinajstić information content (AvgIpc) is 2.74. The van der Waals surface area contributed by atoms with E-state index in [9.17, 15) is 5.26 Å². The molecule has 2 rings (SSSR count). The predicted molar refractivity (Wildman–Crippen MR) is 73.3 cm³/mol. The molecular weight excluding hydrogens is 244 g/mol. The Morgan fingerprint density at radius 2 is 2.17 bits per heavy atom. The fraction of sp³-hybridized carbons (Fsp3) is 0.308. The normalized spacial score (nSPS) is 10.6. The van der Waals surface area contributed by atoms with Gasteiger partial charge in [-0.2, -0.15) is 5.26 Å². The number of nitrogens with zero attached hydrogens (tertiary/aromatic N) is 3. The molecule has 2 heterocycles. The highest BCUT2D eigenvalue weighted by Gasteiger charge is 2.16. The van der Waals surface area contributed by atoms with Gasteiger partial charge in [0.15, 0.2) is 0 Å². The summed E-state index contributed by atoms with van der Waals surface area (Å²) < 4.78 is 0. The van der Waals surface area contributed by atoms with Crippen LogP contribution in [0.1, 0.15) is 36.7 Å². The van der Waals surface area contributed by atoms with Gasteiger partial charge in [0.25, 0.3) is 0 Å². The first kappa shape index (κ1) is 12.5. The van der Waals surface area contributed by atoms with Crippen LogP contribution in [0, 0.1) is 18.3 Å². The molecule has 92 valence electrons. The molecule has 0 unspecified atom stereocenters. The maximum Gasteiger partial charge on any atom is 0.142 e. The van der Waals surface area contributed by atoms with Gasteiger partial charge in [0.05, 0.1) is 16.1 Å². The van der Waals surface area contributed by atoms with Crippen LogP contribution in [0.25, 0.3) is 10.4 Å². The van der Waals surface area contributed by atoms with Gasteiger partial charge in [0.2, 0.25) is 0 Å². The highest BCUT2D eigenvalue weighted by Crippen LogP contribution is 2.33. The zero-order chi connectivity index (χ0) is 13.3. The number of rotatable bonds is 2. The van der Waals surface area contributed by atoms with Crippen molar-refractivity contribution in [3.05, 3.63) is 28.5 Å². The third kappa shape index (κ3) is 2.07. The molecule has 0 aliphatic rings. The number of aromatic nitrogens is 2. The quantitative estimate of drug-likeness (QED) is 0.898. The first-order chi connectivity index (χ1) is 8.54. The Hall–Kier alpha value is -1.93. The molecule has 0 saturated carbocycles. The van der Waals surface area contributed by atoms with E-state index in [-0.39, 0.29) is 5.92 Å². The molecule has 0 aliphatic carbocycles. The van der Waals surface area contributed by atoms with Crippen molar-refractivity contribution < 1.29 is 0 Å². The second-order valence-electron chi connectivity index (χ2n) is 4.39. The number of nitriles is 1. The second kappa shape index (κ2) is 4.75. The van der Waals surface area contributed by atoms with Crippen LogP contribution < -0.4 is 5.73 Å². The van der Waals surface area contributed by atoms with Gasteiger partial charge in [0, 0.05) is 11.3 Å². The Bertz CT molecular complexity index is 622. The van der Waals surface area contributed by atoms with Gasteiger partial charge in [-0.15, -0.1) is 11.3 Å². The number of thiazole rings is 1. The lowest BCUT2D eigenvalue weighted by Crippen LogP contribution is -2.02. The summed E-state index contributed by atoms with van der Waals surface area (Å²) in [6, 6.07) is 4.08. The van der Waals surface area contributed by atoms with Crippen molar-refractivity contribution in [2.24, 2.45) is 0 Å². The Morgan fingerprint density at radius 3 is 2.67 bits per heavy atom. The molecule has 0 saturated heterocycles. The molecule has 2 aromatic rings. The lowest BCUT2D eigenvalue weighted by molar-refractivity contribution is 0.825. The minimum Gasteiger partial charge on any atom is -0.383 e. The maximum atomic E-state index is 9.23. The first-order valence-electron chi connectivity index (χ1n) is 5.65. The number of aryl methyl sites for hydroxylation is 1. The molecule has 0 radical (unpaired) electrons. The van der Waals surface area contributed by atoms with E-state index in [1.54, 1.807) is 5.51 Å². The van der Waals surface area contributed by atoms with Crippen LogP contribution in [0.2, 0.25) is 0 Å². The largest absolute Gasteiger partial charge is 0.383 e. The number of nitrogens with two attached hydrogens (primary N) is 1. The van der Waals surface area contributed by atoms with Crippen molar-refractivity contribution in [3.8, 4) is 16.5 Å². The van der Waals surface area contributed by atoms with Crippen molar-refractivity contribution in [3.63, 3.8) is 0 Å². The topological polar surface area (TPSA) is 75.6 Å². The molecular formula is C13H14N4S. The van der Waals surface area contributed by atoms with E-state index in [2.05, 4.69) is 29.9 Å². The standard InChI is InChI=1S/C13H14N4S/c1-7(2)11-4-9(10(5-14)13(15)17-11)12-8(3)16-6-18-12/h4,6-7H,1-3H3,(H2,15,17). The lowest BCUT2D eigenvalue weighted by atomic mass is 10.0. The monoisotopic (exact) mass is 258 g/mol. The fourth-order valence-electron chi connectivity index (χ4n) is 1.74. The van der Waals surface area contributed by atoms with Gasteiger partial charge in [0.1, 0.15) is 17.5 Å². The van der Waals surface area contributed by atoms with Gasteiger partial charge in [-0.05, 0) is 18.9 Å². The Labute approximate surface area is 110 Å². The highest BCUT2D eigenvalue weighted by molar-refractivity contribution is 7.13. The van der Waals surface area contributed by atoms with Crippen molar-refractivity contribution in [1.82, 2.24) is 9.97 Å². The zero-order valence-electron chi connectivity index (χ0n) is 10.6. The molecule has 2 aromatic heterocycles. The SMILES string of the molecule is Cc1ncsc1-c1cc(C(C)C)nc(N)c1C#N. The fourth-order valence-corrected chi connectivity index (χ4v) is 2.57. The highest BCUT2D eigenvalue weighted by atomic mass is 32.1. The van der Waals surface area contributed by atoms with Crippen LogP contribution in [-0.2, 0) is 0 Å². The molecule has 0 bridgehead atoms. The smallest absolute Gasteiger partial charge is 0.142 e. The summed E-state index contributed by atoms with van der Waals surface area (Å²) in [7, 11) is 0. The third-order valence-electron chi connectivity index (χ3n) is 2.76. The second-order valence-corrected chi connectivity index (χ2v) is 5.24. The minimum atomic E-state index is 0.270. The molecule has 0 aliphatic heterocycles. The molecule has 5 heteroatoms. The molecule has 4 nitrogen and oxygen atoms in total. The maximum absolute atomic E-state index is 9.23. The average molecular weight is 258 g/mol. The van der Waals surface area contributed by atoms with Gasteiger partial charge in [-0.1, -0.05) is 13.8 Å². The molecule has 2 N–H and O–H groups in total. The Balaban J connectivity index is 2.72. The Kier molecular flexibility index (Phi) is 3.30. The summed E-state index contributed by atoms with van der Waals surface area (Å²) >= 11 is 1.52. The van der Waals surface area contributed by atoms with E-state index < -0.39 is 0 Å². The Morgan fingerprint density at radius 1 is 1.44 bits per heavy atom. The van der Waals surface area contributed by atoms with Crippen LogP contribution in [0.4, 0.5) is 5.82 Å². The van der Waals surface area contributed by atoms with Crippen LogP contribution in [0.5, 0.6) is 0 Å². The number of pyridine rings is 1. The van der Waals surface area contributed by atoms with E-state index >= 15 is 0 Å². The third-order valence-corrected chi connectivity index (χ3v) is 3.72. The lowest BCUT2D eigenvalue weighted by Gasteiger charge is -2.11. The summed E-state index contributed by atoms with van der Waals surface area (Å²) in [5.41, 5.74) is 10.7. The molecule has 0 amide bonds. The van der Waals surface area contributed by atoms with Crippen molar-refractivity contribution in [2.45, 2.75) is 26.7 Å². The van der Waals surface area contributed by atoms with Gasteiger partial charge in [-0.25, -0.2) is 9.97 Å². The zero-order valence-corrected chi connectivity index (χ0v) is 11.4. The van der Waals surface area contributed by atoms with Crippen LogP contribution in [0.3, 0.4) is 0 Å². The van der Waals surface area contributed by atoms with Crippen LogP contribution >= 0.6 is 11.3 Å². The first-order valence-corrected chi connectivity index (χ1v) is 6.53. The van der Waals surface area contributed by atoms with Crippen molar-refractivity contribution in [1.29, 1.82) is 5.26 Å². The van der Waals surface area contributed by atoms with E-state index in [4.69, 9.17) is 5.73 Å². The van der Waals surface area contributed by atoms with E-state index in [1.165, 1.54) is 11.3 Å². The molecule has 0 aromatic carbocycles.